The van der Waals surface area contributed by atoms with E-state index in [-0.39, 0.29) is 6.10 Å². The molecule has 1 fully saturated rings. The zero-order chi connectivity index (χ0) is 9.97. The smallest absolute Gasteiger partial charge is 0.0570 e. The highest BCUT2D eigenvalue weighted by Crippen LogP contribution is 2.22. The first-order chi connectivity index (χ1) is 6.75. The molecular weight excluding hydrogens is 176 g/mol. The van der Waals surface area contributed by atoms with E-state index in [4.69, 9.17) is 5.11 Å². The summed E-state index contributed by atoms with van der Waals surface area (Å²) in [7, 11) is 0. The van der Waals surface area contributed by atoms with Gasteiger partial charge in [-0.05, 0) is 31.4 Å². The summed E-state index contributed by atoms with van der Waals surface area (Å²) in [6.07, 6.45) is 5.33. The lowest BCUT2D eigenvalue weighted by Gasteiger charge is -2.34. The van der Waals surface area contributed by atoms with E-state index in [0.717, 1.165) is 12.8 Å². The Kier molecular flexibility index (Phi) is 2.79. The highest BCUT2D eigenvalue weighted by atomic mass is 16.3. The molecule has 1 aromatic rings. The van der Waals surface area contributed by atoms with Crippen molar-refractivity contribution in [2.24, 2.45) is 0 Å². The average Bonchev–Trinajstić information content (AvgIpc) is 2.17. The lowest BCUT2D eigenvalue weighted by atomic mass is 9.88. The predicted molar refractivity (Wildman–Crippen MR) is 54.8 cm³/mol. The molecule has 1 heterocycles. The number of hydrogen-bond acceptors (Lipinski definition) is 3. The molecule has 1 saturated carbocycles. The Balaban J connectivity index is 1.87. The van der Waals surface area contributed by atoms with Crippen molar-refractivity contribution in [3.63, 3.8) is 0 Å². The Morgan fingerprint density at radius 2 is 2.36 bits per heavy atom. The van der Waals surface area contributed by atoms with Crippen molar-refractivity contribution in [3.8, 4) is 0 Å². The highest BCUT2D eigenvalue weighted by molar-refractivity contribution is 5.13. The zero-order valence-corrected chi connectivity index (χ0v) is 8.35. The molecule has 2 N–H and O–H groups in total. The topological polar surface area (TPSA) is 45.1 Å². The Labute approximate surface area is 84.2 Å². The van der Waals surface area contributed by atoms with Crippen LogP contribution in [0.4, 0.5) is 0 Å². The monoisotopic (exact) mass is 192 g/mol. The van der Waals surface area contributed by atoms with Crippen molar-refractivity contribution in [1.82, 2.24) is 10.3 Å². The fraction of sp³-hybridized carbons (Fsp3) is 0.545. The second kappa shape index (κ2) is 4.07. The number of aromatic nitrogens is 1. The Bertz CT molecular complexity index is 283. The molecule has 0 radical (unpaired) electrons. The fourth-order valence-electron chi connectivity index (χ4n) is 1.81. The number of nitrogens with zero attached hydrogens (tertiary/aromatic N) is 1. The van der Waals surface area contributed by atoms with Crippen molar-refractivity contribution in [2.75, 3.05) is 0 Å². The lowest BCUT2D eigenvalue weighted by molar-refractivity contribution is 0.0585. The molecule has 0 bridgehead atoms. The molecule has 1 atom stereocenters. The van der Waals surface area contributed by atoms with Crippen LogP contribution >= 0.6 is 0 Å². The fourth-order valence-corrected chi connectivity index (χ4v) is 1.81. The summed E-state index contributed by atoms with van der Waals surface area (Å²) in [4.78, 5) is 4.08. The van der Waals surface area contributed by atoms with E-state index >= 15 is 0 Å². The molecule has 0 spiro atoms. The summed E-state index contributed by atoms with van der Waals surface area (Å²) < 4.78 is 0. The first-order valence-electron chi connectivity index (χ1n) is 5.09. The largest absolute Gasteiger partial charge is 0.393 e. The number of aliphatic hydroxyl groups excluding tert-OH is 1. The molecule has 1 aliphatic carbocycles. The molecule has 3 heteroatoms. The standard InChI is InChI=1S/C11H16N2O/c1-8(9-3-2-4-12-7-9)13-10-5-11(14)6-10/h2-4,7-8,10-11,13-14H,5-6H2,1H3. The summed E-state index contributed by atoms with van der Waals surface area (Å²) in [6.45, 7) is 2.13. The SMILES string of the molecule is CC(NC1CC(O)C1)c1cccnc1. The van der Waals surface area contributed by atoms with Crippen LogP contribution in [-0.4, -0.2) is 22.2 Å². The van der Waals surface area contributed by atoms with Crippen molar-refractivity contribution < 1.29 is 5.11 Å². The van der Waals surface area contributed by atoms with Crippen molar-refractivity contribution in [2.45, 2.75) is 38.0 Å². The minimum atomic E-state index is -0.0893. The van der Waals surface area contributed by atoms with Crippen molar-refractivity contribution in [3.05, 3.63) is 30.1 Å². The van der Waals surface area contributed by atoms with E-state index in [1.165, 1.54) is 5.56 Å². The first kappa shape index (κ1) is 9.62. The average molecular weight is 192 g/mol. The zero-order valence-electron chi connectivity index (χ0n) is 8.35. The minimum Gasteiger partial charge on any atom is -0.393 e. The lowest BCUT2D eigenvalue weighted by Crippen LogP contribution is -2.45. The van der Waals surface area contributed by atoms with E-state index < -0.39 is 0 Å². The molecule has 1 aromatic heterocycles. The number of hydrogen-bond donors (Lipinski definition) is 2. The number of rotatable bonds is 3. The van der Waals surface area contributed by atoms with E-state index in [9.17, 15) is 0 Å². The predicted octanol–water partition coefficient (Wildman–Crippen LogP) is 1.26. The minimum absolute atomic E-state index is 0.0893. The van der Waals surface area contributed by atoms with Crippen LogP contribution in [0.5, 0.6) is 0 Å². The van der Waals surface area contributed by atoms with Gasteiger partial charge in [-0.1, -0.05) is 6.07 Å². The van der Waals surface area contributed by atoms with Gasteiger partial charge in [0.05, 0.1) is 6.10 Å². The third kappa shape index (κ3) is 2.11. The van der Waals surface area contributed by atoms with Crippen LogP contribution in [-0.2, 0) is 0 Å². The van der Waals surface area contributed by atoms with Crippen LogP contribution in [0.3, 0.4) is 0 Å². The number of pyridine rings is 1. The van der Waals surface area contributed by atoms with Gasteiger partial charge >= 0.3 is 0 Å². The van der Waals surface area contributed by atoms with Gasteiger partial charge in [-0.3, -0.25) is 4.98 Å². The molecule has 0 amide bonds. The van der Waals surface area contributed by atoms with Crippen LogP contribution in [0.1, 0.15) is 31.4 Å². The molecule has 1 unspecified atom stereocenters. The normalized spacial score (nSPS) is 28.1. The Hall–Kier alpha value is -0.930. The van der Waals surface area contributed by atoms with Crippen LogP contribution in [0, 0.1) is 0 Å². The van der Waals surface area contributed by atoms with Gasteiger partial charge in [0.1, 0.15) is 0 Å². The molecule has 76 valence electrons. The van der Waals surface area contributed by atoms with Gasteiger partial charge in [-0.2, -0.15) is 0 Å². The van der Waals surface area contributed by atoms with E-state index in [0.29, 0.717) is 12.1 Å². The maximum atomic E-state index is 9.15. The molecule has 14 heavy (non-hydrogen) atoms. The summed E-state index contributed by atoms with van der Waals surface area (Å²) in [5.74, 6) is 0. The highest BCUT2D eigenvalue weighted by Gasteiger charge is 2.27. The van der Waals surface area contributed by atoms with Gasteiger partial charge < -0.3 is 10.4 Å². The molecule has 0 aliphatic heterocycles. The molecule has 3 nitrogen and oxygen atoms in total. The summed E-state index contributed by atoms with van der Waals surface area (Å²) in [5, 5.41) is 12.6. The van der Waals surface area contributed by atoms with Crippen LogP contribution < -0.4 is 5.32 Å². The third-order valence-corrected chi connectivity index (χ3v) is 2.78. The Morgan fingerprint density at radius 1 is 1.57 bits per heavy atom. The summed E-state index contributed by atoms with van der Waals surface area (Å²) in [6, 6.07) is 4.81. The second-order valence-corrected chi connectivity index (χ2v) is 4.00. The molecular formula is C11H16N2O. The quantitative estimate of drug-likeness (QED) is 0.757. The van der Waals surface area contributed by atoms with Crippen molar-refractivity contribution >= 4 is 0 Å². The van der Waals surface area contributed by atoms with Gasteiger partial charge in [-0.15, -0.1) is 0 Å². The van der Waals surface area contributed by atoms with Gasteiger partial charge in [0.15, 0.2) is 0 Å². The summed E-state index contributed by atoms with van der Waals surface area (Å²) in [5.41, 5.74) is 1.20. The maximum Gasteiger partial charge on any atom is 0.0570 e. The van der Waals surface area contributed by atoms with E-state index in [2.05, 4.69) is 23.3 Å². The number of nitrogens with one attached hydrogen (secondary N) is 1. The second-order valence-electron chi connectivity index (χ2n) is 4.00. The van der Waals surface area contributed by atoms with Gasteiger partial charge in [0.2, 0.25) is 0 Å². The van der Waals surface area contributed by atoms with Crippen LogP contribution in [0.25, 0.3) is 0 Å². The maximum absolute atomic E-state index is 9.15. The van der Waals surface area contributed by atoms with E-state index in [1.54, 1.807) is 6.20 Å². The van der Waals surface area contributed by atoms with Crippen LogP contribution in [0.15, 0.2) is 24.5 Å². The van der Waals surface area contributed by atoms with Crippen LogP contribution in [0.2, 0.25) is 0 Å². The van der Waals surface area contributed by atoms with E-state index in [1.807, 2.05) is 12.3 Å². The van der Waals surface area contributed by atoms with Gasteiger partial charge in [0, 0.05) is 24.5 Å². The first-order valence-corrected chi connectivity index (χ1v) is 5.09. The van der Waals surface area contributed by atoms with Gasteiger partial charge in [0.25, 0.3) is 0 Å². The molecule has 1 aliphatic rings. The van der Waals surface area contributed by atoms with Gasteiger partial charge in [-0.25, -0.2) is 0 Å². The molecule has 0 aromatic carbocycles. The summed E-state index contributed by atoms with van der Waals surface area (Å²) >= 11 is 0. The Morgan fingerprint density at radius 3 is 2.93 bits per heavy atom. The molecule has 2 rings (SSSR count). The van der Waals surface area contributed by atoms with Crippen molar-refractivity contribution in [1.29, 1.82) is 0 Å². The number of aliphatic hydroxyl groups is 1. The molecule has 0 saturated heterocycles. The third-order valence-electron chi connectivity index (χ3n) is 2.78.